The number of hydrogen-bond donors (Lipinski definition) is 1. The highest BCUT2D eigenvalue weighted by molar-refractivity contribution is 5.79. The van der Waals surface area contributed by atoms with Crippen molar-refractivity contribution in [3.8, 4) is 11.5 Å². The molecule has 0 aromatic heterocycles. The van der Waals surface area contributed by atoms with Crippen LogP contribution in [0.4, 0.5) is 0 Å². The van der Waals surface area contributed by atoms with Gasteiger partial charge < -0.3 is 14.8 Å². The number of amides is 1. The van der Waals surface area contributed by atoms with Gasteiger partial charge in [-0.15, -0.1) is 0 Å². The molecular formula is C16H21NO3. The standard InChI is InChI=1S/C16H21NO3/c1-19-14-7-6-11(12-9-16(18)17-10-12)8-15(14)20-13-4-2-3-5-13/h6-8,12-13H,2-5,9-10H2,1H3,(H,17,18)/i6D,7D,8D. The molecule has 2 fully saturated rings. The molecule has 2 aliphatic rings. The van der Waals surface area contributed by atoms with Gasteiger partial charge in [0.2, 0.25) is 5.91 Å². The summed E-state index contributed by atoms with van der Waals surface area (Å²) in [5, 5.41) is 2.72. The lowest BCUT2D eigenvalue weighted by molar-refractivity contribution is -0.119. The minimum Gasteiger partial charge on any atom is -0.493 e. The molecule has 4 nitrogen and oxygen atoms in total. The maximum absolute atomic E-state index is 11.5. The summed E-state index contributed by atoms with van der Waals surface area (Å²) in [6.45, 7) is 0.394. The summed E-state index contributed by atoms with van der Waals surface area (Å²) in [5.41, 5.74) is 0.405. The molecule has 1 N–H and O–H groups in total. The first-order chi connectivity index (χ1) is 11.0. The predicted octanol–water partition coefficient (Wildman–Crippen LogP) is 2.62. The Morgan fingerprint density at radius 3 is 2.75 bits per heavy atom. The van der Waals surface area contributed by atoms with Gasteiger partial charge in [-0.2, -0.15) is 0 Å². The summed E-state index contributed by atoms with van der Waals surface area (Å²) in [4.78, 5) is 11.5. The van der Waals surface area contributed by atoms with E-state index in [0.717, 1.165) is 25.7 Å². The van der Waals surface area contributed by atoms with Crippen molar-refractivity contribution in [3.63, 3.8) is 0 Å². The molecule has 1 heterocycles. The molecule has 20 heavy (non-hydrogen) atoms. The van der Waals surface area contributed by atoms with Crippen LogP contribution in [0.2, 0.25) is 0 Å². The lowest BCUT2D eigenvalue weighted by Crippen LogP contribution is -2.14. The van der Waals surface area contributed by atoms with Crippen molar-refractivity contribution in [1.29, 1.82) is 0 Å². The molecule has 0 spiro atoms. The van der Waals surface area contributed by atoms with Crippen LogP contribution in [0.3, 0.4) is 0 Å². The van der Waals surface area contributed by atoms with Crippen LogP contribution >= 0.6 is 0 Å². The Hall–Kier alpha value is -1.71. The van der Waals surface area contributed by atoms with E-state index in [4.69, 9.17) is 13.6 Å². The fraction of sp³-hybridized carbons (Fsp3) is 0.562. The summed E-state index contributed by atoms with van der Waals surface area (Å²) < 4.78 is 36.1. The van der Waals surface area contributed by atoms with Gasteiger partial charge >= 0.3 is 0 Å². The minimum absolute atomic E-state index is 0.0279. The number of nitrogens with one attached hydrogen (secondary N) is 1. The normalized spacial score (nSPS) is 24.9. The Balaban J connectivity index is 2.05. The lowest BCUT2D eigenvalue weighted by atomic mass is 9.98. The van der Waals surface area contributed by atoms with Crippen LogP contribution < -0.4 is 14.8 Å². The molecule has 3 rings (SSSR count). The second-order valence-corrected chi connectivity index (χ2v) is 5.38. The fourth-order valence-electron chi connectivity index (χ4n) is 2.80. The van der Waals surface area contributed by atoms with Crippen LogP contribution in [0.1, 0.15) is 47.7 Å². The molecule has 1 unspecified atom stereocenters. The number of hydrogen-bond acceptors (Lipinski definition) is 3. The van der Waals surface area contributed by atoms with E-state index >= 15 is 0 Å². The van der Waals surface area contributed by atoms with Gasteiger partial charge in [-0.25, -0.2) is 0 Å². The van der Waals surface area contributed by atoms with Crippen molar-refractivity contribution in [2.45, 2.75) is 44.1 Å². The van der Waals surface area contributed by atoms with Crippen molar-refractivity contribution in [2.75, 3.05) is 13.7 Å². The first kappa shape index (κ1) is 10.1. The molecule has 1 atom stereocenters. The lowest BCUT2D eigenvalue weighted by Gasteiger charge is -2.18. The molecule has 1 amide bonds. The van der Waals surface area contributed by atoms with Crippen LogP contribution in [-0.4, -0.2) is 25.7 Å². The van der Waals surface area contributed by atoms with Crippen LogP contribution in [-0.2, 0) is 4.79 Å². The molecule has 1 aliphatic carbocycles. The Morgan fingerprint density at radius 1 is 1.30 bits per heavy atom. The van der Waals surface area contributed by atoms with Crippen LogP contribution in [0.25, 0.3) is 0 Å². The zero-order valence-electron chi connectivity index (χ0n) is 14.6. The zero-order chi connectivity index (χ0) is 16.6. The summed E-state index contributed by atoms with van der Waals surface area (Å²) in [6, 6.07) is -0.0470. The molecule has 0 radical (unpaired) electrons. The average Bonchev–Trinajstić information content (AvgIpc) is 3.17. The number of rotatable bonds is 4. The number of methoxy groups -OCH3 is 1. The SMILES string of the molecule is [2H]c1c([2H])c(C2CNC(=O)C2)c([2H])c(OC2CCCC2)c1OC. The van der Waals surface area contributed by atoms with Gasteiger partial charge in [0.1, 0.15) is 0 Å². The van der Waals surface area contributed by atoms with Gasteiger partial charge in [0.05, 0.1) is 17.3 Å². The third-order valence-corrected chi connectivity index (χ3v) is 3.94. The van der Waals surface area contributed by atoms with Crippen LogP contribution in [0.15, 0.2) is 18.1 Å². The second kappa shape index (κ2) is 5.73. The van der Waals surface area contributed by atoms with Crippen molar-refractivity contribution >= 4 is 5.91 Å². The Bertz CT molecular complexity index is 630. The smallest absolute Gasteiger partial charge is 0.220 e. The van der Waals surface area contributed by atoms with Crippen LogP contribution in [0, 0.1) is 0 Å². The molecule has 1 aromatic rings. The first-order valence-corrected chi connectivity index (χ1v) is 7.14. The maximum Gasteiger partial charge on any atom is 0.220 e. The first-order valence-electron chi connectivity index (χ1n) is 8.64. The fourth-order valence-corrected chi connectivity index (χ4v) is 2.80. The molecular weight excluding hydrogens is 254 g/mol. The zero-order valence-corrected chi connectivity index (χ0v) is 11.6. The van der Waals surface area contributed by atoms with E-state index in [1.54, 1.807) is 0 Å². The molecule has 1 saturated carbocycles. The summed E-state index contributed by atoms with van der Waals surface area (Å²) in [6.07, 6.45) is 4.32. The van der Waals surface area contributed by atoms with Gasteiger partial charge in [-0.3, -0.25) is 4.79 Å². The molecule has 4 heteroatoms. The van der Waals surface area contributed by atoms with Crippen LogP contribution in [0.5, 0.6) is 11.5 Å². The number of carbonyl (C=O) groups is 1. The largest absolute Gasteiger partial charge is 0.493 e. The summed E-state index contributed by atoms with van der Waals surface area (Å²) in [5.74, 6) is 0.0422. The number of ether oxygens (including phenoxy) is 2. The molecule has 108 valence electrons. The second-order valence-electron chi connectivity index (χ2n) is 5.38. The highest BCUT2D eigenvalue weighted by Crippen LogP contribution is 2.35. The van der Waals surface area contributed by atoms with Gasteiger partial charge in [0, 0.05) is 18.9 Å². The van der Waals surface area contributed by atoms with Gasteiger partial charge in [-0.1, -0.05) is 6.04 Å². The minimum atomic E-state index is -0.261. The molecule has 1 saturated heterocycles. The van der Waals surface area contributed by atoms with E-state index in [2.05, 4.69) is 5.32 Å². The monoisotopic (exact) mass is 278 g/mol. The van der Waals surface area contributed by atoms with E-state index < -0.39 is 0 Å². The topological polar surface area (TPSA) is 47.6 Å². The van der Waals surface area contributed by atoms with E-state index in [1.165, 1.54) is 7.11 Å². The van der Waals surface area contributed by atoms with Crippen molar-refractivity contribution in [2.24, 2.45) is 0 Å². The highest BCUT2D eigenvalue weighted by Gasteiger charge is 2.25. The Kier molecular flexibility index (Phi) is 2.89. The predicted molar refractivity (Wildman–Crippen MR) is 76.2 cm³/mol. The van der Waals surface area contributed by atoms with Crippen molar-refractivity contribution < 1.29 is 18.4 Å². The van der Waals surface area contributed by atoms with E-state index in [-0.39, 0.29) is 54.0 Å². The Labute approximate surface area is 123 Å². The Morgan fingerprint density at radius 2 is 2.10 bits per heavy atom. The average molecular weight is 278 g/mol. The number of carbonyl (C=O) groups excluding carboxylic acids is 1. The van der Waals surface area contributed by atoms with Crippen molar-refractivity contribution in [1.82, 2.24) is 5.32 Å². The number of benzene rings is 1. The molecule has 1 aliphatic heterocycles. The third kappa shape index (κ3) is 2.74. The third-order valence-electron chi connectivity index (χ3n) is 3.94. The quantitative estimate of drug-likeness (QED) is 0.921. The summed E-state index contributed by atoms with van der Waals surface area (Å²) in [7, 11) is 1.42. The highest BCUT2D eigenvalue weighted by atomic mass is 16.5. The molecule has 1 aromatic carbocycles. The van der Waals surface area contributed by atoms with Gasteiger partial charge in [0.15, 0.2) is 11.5 Å². The maximum atomic E-state index is 11.5. The van der Waals surface area contributed by atoms with Gasteiger partial charge in [-0.05, 0) is 43.3 Å². The van der Waals surface area contributed by atoms with Crippen molar-refractivity contribution in [3.05, 3.63) is 23.7 Å². The van der Waals surface area contributed by atoms with Gasteiger partial charge in [0.25, 0.3) is 0 Å². The molecule has 0 bridgehead atoms. The van der Waals surface area contributed by atoms with E-state index in [0.29, 0.717) is 12.1 Å². The van der Waals surface area contributed by atoms with E-state index in [1.807, 2.05) is 0 Å². The van der Waals surface area contributed by atoms with E-state index in [9.17, 15) is 4.79 Å². The summed E-state index contributed by atoms with van der Waals surface area (Å²) >= 11 is 0.